The molecule has 1 aromatic heterocycles. The molecule has 0 saturated carbocycles. The average Bonchev–Trinajstić information content (AvgIpc) is 2.16. The largest absolute Gasteiger partial charge is 0.216 e. The smallest absolute Gasteiger partial charge is 0.189 e. The molecule has 0 aliphatic rings. The third-order valence-corrected chi connectivity index (χ3v) is 4.19. The van der Waals surface area contributed by atoms with Crippen LogP contribution in [0.25, 0.3) is 0 Å². The summed E-state index contributed by atoms with van der Waals surface area (Å²) in [6.45, 7) is 6.61. The number of aromatic nitrogens is 2. The van der Waals surface area contributed by atoms with Crippen LogP contribution < -0.4 is 0 Å². The Morgan fingerprint density at radius 3 is 2.47 bits per heavy atom. The fourth-order valence-corrected chi connectivity index (χ4v) is 2.56. The molecule has 0 amide bonds. The van der Waals surface area contributed by atoms with Gasteiger partial charge in [-0.05, 0) is 12.2 Å². The molecule has 0 aliphatic carbocycles. The summed E-state index contributed by atoms with van der Waals surface area (Å²) in [6.07, 6.45) is 1.95. The van der Waals surface area contributed by atoms with Crippen molar-refractivity contribution in [3.63, 3.8) is 0 Å². The predicted octanol–water partition coefficient (Wildman–Crippen LogP) is 3.99. The Balaban J connectivity index is 2.80. The van der Waals surface area contributed by atoms with E-state index in [4.69, 9.17) is 11.6 Å². The molecule has 0 N–H and O–H groups in total. The third kappa shape index (κ3) is 4.21. The van der Waals surface area contributed by atoms with Crippen LogP contribution in [-0.2, 0) is 0 Å². The van der Waals surface area contributed by atoms with Gasteiger partial charge in [-0.2, -0.15) is 0 Å². The highest BCUT2D eigenvalue weighted by molar-refractivity contribution is 8.00. The van der Waals surface area contributed by atoms with Crippen LogP contribution in [0.2, 0.25) is 5.15 Å². The van der Waals surface area contributed by atoms with E-state index >= 15 is 0 Å². The highest BCUT2D eigenvalue weighted by Crippen LogP contribution is 2.28. The van der Waals surface area contributed by atoms with E-state index in [1.165, 1.54) is 11.8 Å². The number of halogens is 1. The van der Waals surface area contributed by atoms with Crippen LogP contribution in [0.15, 0.2) is 16.2 Å². The van der Waals surface area contributed by atoms with E-state index in [9.17, 15) is 0 Å². The molecule has 0 aliphatic heterocycles. The van der Waals surface area contributed by atoms with Crippen molar-refractivity contribution >= 4 is 35.1 Å². The molecule has 0 spiro atoms. The summed E-state index contributed by atoms with van der Waals surface area (Å²) in [5.41, 5.74) is 0. The van der Waals surface area contributed by atoms with E-state index in [2.05, 4.69) is 30.7 Å². The quantitative estimate of drug-likeness (QED) is 0.466. The Kier molecular flexibility index (Phi) is 5.23. The summed E-state index contributed by atoms with van der Waals surface area (Å²) in [6, 6.07) is 1.82. The maximum absolute atomic E-state index is 5.91. The SMILES string of the molecule is CSc1nc(Cl)cc(SC(C)C(C)C)n1. The van der Waals surface area contributed by atoms with E-state index in [1.807, 2.05) is 12.3 Å². The first-order chi connectivity index (χ1) is 7.02. The van der Waals surface area contributed by atoms with Crippen molar-refractivity contribution in [2.75, 3.05) is 6.26 Å². The summed E-state index contributed by atoms with van der Waals surface area (Å²) >= 11 is 9.17. The topological polar surface area (TPSA) is 25.8 Å². The molecule has 15 heavy (non-hydrogen) atoms. The first kappa shape index (κ1) is 13.1. The van der Waals surface area contributed by atoms with Gasteiger partial charge in [0.15, 0.2) is 5.16 Å². The monoisotopic (exact) mass is 262 g/mol. The molecule has 1 aromatic rings. The van der Waals surface area contributed by atoms with Gasteiger partial charge in [0, 0.05) is 11.3 Å². The van der Waals surface area contributed by atoms with Crippen molar-refractivity contribution in [3.05, 3.63) is 11.2 Å². The van der Waals surface area contributed by atoms with Crippen molar-refractivity contribution in [2.45, 2.75) is 36.2 Å². The van der Waals surface area contributed by atoms with E-state index in [0.29, 0.717) is 16.3 Å². The number of nitrogens with zero attached hydrogens (tertiary/aromatic N) is 2. The van der Waals surface area contributed by atoms with Crippen molar-refractivity contribution in [2.24, 2.45) is 5.92 Å². The van der Waals surface area contributed by atoms with E-state index in [1.54, 1.807) is 11.8 Å². The second kappa shape index (κ2) is 5.97. The van der Waals surface area contributed by atoms with Gasteiger partial charge < -0.3 is 0 Å². The van der Waals surface area contributed by atoms with Gasteiger partial charge in [-0.25, -0.2) is 9.97 Å². The molecular weight excluding hydrogens is 248 g/mol. The Morgan fingerprint density at radius 2 is 1.93 bits per heavy atom. The van der Waals surface area contributed by atoms with E-state index < -0.39 is 0 Å². The molecule has 0 saturated heterocycles. The van der Waals surface area contributed by atoms with Crippen molar-refractivity contribution in [1.82, 2.24) is 9.97 Å². The second-order valence-corrected chi connectivity index (χ2v) is 6.14. The zero-order chi connectivity index (χ0) is 11.4. The Bertz CT molecular complexity index is 331. The van der Waals surface area contributed by atoms with Gasteiger partial charge in [0.2, 0.25) is 0 Å². The number of hydrogen-bond acceptors (Lipinski definition) is 4. The van der Waals surface area contributed by atoms with Gasteiger partial charge in [-0.3, -0.25) is 0 Å². The summed E-state index contributed by atoms with van der Waals surface area (Å²) in [7, 11) is 0. The second-order valence-electron chi connectivity index (χ2n) is 3.58. The van der Waals surface area contributed by atoms with E-state index in [0.717, 1.165) is 10.2 Å². The Morgan fingerprint density at radius 1 is 1.27 bits per heavy atom. The minimum atomic E-state index is 0.521. The van der Waals surface area contributed by atoms with Crippen LogP contribution in [-0.4, -0.2) is 21.5 Å². The normalized spacial score (nSPS) is 13.2. The van der Waals surface area contributed by atoms with Crippen LogP contribution in [0.5, 0.6) is 0 Å². The van der Waals surface area contributed by atoms with Crippen molar-refractivity contribution in [1.29, 1.82) is 0 Å². The van der Waals surface area contributed by atoms with Crippen LogP contribution in [0.4, 0.5) is 0 Å². The lowest BCUT2D eigenvalue weighted by Crippen LogP contribution is -2.06. The lowest BCUT2D eigenvalue weighted by molar-refractivity contribution is 0.641. The first-order valence-electron chi connectivity index (χ1n) is 4.78. The molecule has 1 rings (SSSR count). The fraction of sp³-hybridized carbons (Fsp3) is 0.600. The van der Waals surface area contributed by atoms with Gasteiger partial charge in [-0.1, -0.05) is 44.1 Å². The average molecular weight is 263 g/mol. The first-order valence-corrected chi connectivity index (χ1v) is 7.26. The summed E-state index contributed by atoms with van der Waals surface area (Å²) < 4.78 is 0. The minimum Gasteiger partial charge on any atom is -0.216 e. The lowest BCUT2D eigenvalue weighted by atomic mass is 10.2. The number of thioether (sulfide) groups is 2. The standard InChI is InChI=1S/C10H15ClN2S2/c1-6(2)7(3)15-9-5-8(11)12-10(13-9)14-4/h5-7H,1-4H3. The number of hydrogen-bond donors (Lipinski definition) is 0. The highest BCUT2D eigenvalue weighted by atomic mass is 35.5. The number of rotatable bonds is 4. The van der Waals surface area contributed by atoms with Gasteiger partial charge >= 0.3 is 0 Å². The summed E-state index contributed by atoms with van der Waals surface area (Å²) in [4.78, 5) is 8.51. The maximum atomic E-state index is 5.91. The van der Waals surface area contributed by atoms with Crippen LogP contribution in [0.3, 0.4) is 0 Å². The molecule has 0 fully saturated rings. The van der Waals surface area contributed by atoms with Crippen LogP contribution in [0.1, 0.15) is 20.8 Å². The van der Waals surface area contributed by atoms with E-state index in [-0.39, 0.29) is 0 Å². The molecule has 1 unspecified atom stereocenters. The van der Waals surface area contributed by atoms with Crippen LogP contribution in [0, 0.1) is 5.92 Å². The third-order valence-electron chi connectivity index (χ3n) is 2.08. The van der Waals surface area contributed by atoms with Gasteiger partial charge in [0.1, 0.15) is 10.2 Å². The lowest BCUT2D eigenvalue weighted by Gasteiger charge is -2.14. The molecule has 2 nitrogen and oxygen atoms in total. The highest BCUT2D eigenvalue weighted by Gasteiger charge is 2.11. The van der Waals surface area contributed by atoms with Gasteiger partial charge in [0.05, 0.1) is 0 Å². The molecule has 0 radical (unpaired) electrons. The molecule has 84 valence electrons. The maximum Gasteiger partial charge on any atom is 0.189 e. The van der Waals surface area contributed by atoms with Crippen molar-refractivity contribution < 1.29 is 0 Å². The summed E-state index contributed by atoms with van der Waals surface area (Å²) in [5.74, 6) is 0.626. The summed E-state index contributed by atoms with van der Waals surface area (Å²) in [5, 5.41) is 2.75. The van der Waals surface area contributed by atoms with Gasteiger partial charge in [0.25, 0.3) is 0 Å². The van der Waals surface area contributed by atoms with Gasteiger partial charge in [-0.15, -0.1) is 11.8 Å². The molecular formula is C10H15ClN2S2. The van der Waals surface area contributed by atoms with Crippen molar-refractivity contribution in [3.8, 4) is 0 Å². The van der Waals surface area contributed by atoms with Crippen LogP contribution >= 0.6 is 35.1 Å². The molecule has 0 bridgehead atoms. The molecule has 5 heteroatoms. The molecule has 0 aromatic carbocycles. The Hall–Kier alpha value is 0.0700. The predicted molar refractivity (Wildman–Crippen MR) is 69.0 cm³/mol. The minimum absolute atomic E-state index is 0.521. The fourth-order valence-electron chi connectivity index (χ4n) is 0.855. The molecule has 1 heterocycles. The Labute approximate surface area is 105 Å². The zero-order valence-electron chi connectivity index (χ0n) is 9.32. The zero-order valence-corrected chi connectivity index (χ0v) is 11.7. The molecule has 1 atom stereocenters.